The van der Waals surface area contributed by atoms with Gasteiger partial charge in [-0.2, -0.15) is 0 Å². The molecule has 1 unspecified atom stereocenters. The number of rotatable bonds is 3. The van der Waals surface area contributed by atoms with Gasteiger partial charge in [-0.1, -0.05) is 0 Å². The zero-order valence-electron chi connectivity index (χ0n) is 7.30. The van der Waals surface area contributed by atoms with Crippen molar-refractivity contribution in [3.63, 3.8) is 0 Å². The summed E-state index contributed by atoms with van der Waals surface area (Å²) in [4.78, 5) is 10.3. The molecule has 12 heavy (non-hydrogen) atoms. The summed E-state index contributed by atoms with van der Waals surface area (Å²) in [6.45, 7) is 3.42. The average molecular weight is 173 g/mol. The number of ether oxygens (including phenoxy) is 1. The van der Waals surface area contributed by atoms with Crippen LogP contribution < -0.4 is 5.32 Å². The van der Waals surface area contributed by atoms with Crippen LogP contribution in [0.4, 0.5) is 0 Å². The molecule has 70 valence electrons. The predicted molar refractivity (Wildman–Crippen MR) is 44.1 cm³/mol. The number of carboxylic acid groups (broad SMARTS) is 1. The first-order valence-corrected chi connectivity index (χ1v) is 4.17. The van der Waals surface area contributed by atoms with Gasteiger partial charge in [0.25, 0.3) is 0 Å². The maximum absolute atomic E-state index is 10.3. The summed E-state index contributed by atoms with van der Waals surface area (Å²) in [6.07, 6.45) is 1.99. The van der Waals surface area contributed by atoms with E-state index in [2.05, 4.69) is 5.32 Å². The van der Waals surface area contributed by atoms with Gasteiger partial charge < -0.3 is 9.84 Å². The molecule has 0 bridgehead atoms. The highest BCUT2D eigenvalue weighted by Crippen LogP contribution is 2.17. The summed E-state index contributed by atoms with van der Waals surface area (Å²) in [6, 6.07) is 0. The van der Waals surface area contributed by atoms with E-state index in [0.717, 1.165) is 19.4 Å². The van der Waals surface area contributed by atoms with Crippen LogP contribution >= 0.6 is 0 Å². The largest absolute Gasteiger partial charge is 0.480 e. The van der Waals surface area contributed by atoms with Crippen molar-refractivity contribution in [3.05, 3.63) is 0 Å². The zero-order chi connectivity index (χ0) is 9.03. The van der Waals surface area contributed by atoms with E-state index in [0.29, 0.717) is 6.61 Å². The van der Waals surface area contributed by atoms with E-state index in [9.17, 15) is 4.79 Å². The van der Waals surface area contributed by atoms with E-state index >= 15 is 0 Å². The highest BCUT2D eigenvalue weighted by molar-refractivity contribution is 5.69. The van der Waals surface area contributed by atoms with Gasteiger partial charge in [-0.25, -0.2) is 0 Å². The first kappa shape index (κ1) is 9.48. The molecule has 1 rings (SSSR count). The summed E-state index contributed by atoms with van der Waals surface area (Å²) < 4.78 is 5.26. The van der Waals surface area contributed by atoms with Gasteiger partial charge in [-0.3, -0.25) is 10.1 Å². The maximum atomic E-state index is 10.3. The van der Waals surface area contributed by atoms with Gasteiger partial charge in [0.05, 0.1) is 13.2 Å². The molecule has 1 atom stereocenters. The minimum Gasteiger partial charge on any atom is -0.480 e. The summed E-state index contributed by atoms with van der Waals surface area (Å²) in [5, 5.41) is 11.4. The molecule has 0 radical (unpaired) electrons. The fourth-order valence-corrected chi connectivity index (χ4v) is 1.36. The predicted octanol–water partition coefficient (Wildman–Crippen LogP) is 0.230. The quantitative estimate of drug-likeness (QED) is 0.641. The third kappa shape index (κ3) is 2.79. The Morgan fingerprint density at radius 3 is 3.00 bits per heavy atom. The van der Waals surface area contributed by atoms with Gasteiger partial charge in [0.2, 0.25) is 0 Å². The zero-order valence-corrected chi connectivity index (χ0v) is 7.30. The van der Waals surface area contributed by atoms with Crippen LogP contribution in [0, 0.1) is 0 Å². The Morgan fingerprint density at radius 1 is 1.75 bits per heavy atom. The molecule has 1 heterocycles. The molecule has 4 heteroatoms. The molecule has 4 nitrogen and oxygen atoms in total. The Kier molecular flexibility index (Phi) is 3.05. The van der Waals surface area contributed by atoms with Crippen molar-refractivity contribution in [1.82, 2.24) is 5.32 Å². The summed E-state index contributed by atoms with van der Waals surface area (Å²) >= 11 is 0. The second-order valence-corrected chi connectivity index (χ2v) is 3.46. The lowest BCUT2D eigenvalue weighted by atomic mass is 9.95. The van der Waals surface area contributed by atoms with Crippen molar-refractivity contribution in [2.24, 2.45) is 0 Å². The molecule has 0 saturated carbocycles. The third-order valence-electron chi connectivity index (χ3n) is 2.10. The Hall–Kier alpha value is -0.610. The molecular formula is C8H15NO3. The van der Waals surface area contributed by atoms with Gasteiger partial charge in [-0.15, -0.1) is 0 Å². The van der Waals surface area contributed by atoms with Crippen molar-refractivity contribution in [3.8, 4) is 0 Å². The lowest BCUT2D eigenvalue weighted by Crippen LogP contribution is -2.50. The monoisotopic (exact) mass is 173 g/mol. The summed E-state index contributed by atoms with van der Waals surface area (Å²) in [5.74, 6) is -0.818. The minimum atomic E-state index is -0.818. The van der Waals surface area contributed by atoms with Gasteiger partial charge >= 0.3 is 5.97 Å². The molecule has 1 saturated heterocycles. The Balaban J connectivity index is 2.31. The van der Waals surface area contributed by atoms with Crippen molar-refractivity contribution in [2.75, 3.05) is 19.8 Å². The molecule has 0 spiro atoms. The van der Waals surface area contributed by atoms with Gasteiger partial charge in [-0.05, 0) is 19.8 Å². The maximum Gasteiger partial charge on any atom is 0.317 e. The fraction of sp³-hybridized carbons (Fsp3) is 0.875. The van der Waals surface area contributed by atoms with Crippen LogP contribution in [0.2, 0.25) is 0 Å². The van der Waals surface area contributed by atoms with Gasteiger partial charge in [0.15, 0.2) is 0 Å². The molecule has 2 N–H and O–H groups in total. The van der Waals surface area contributed by atoms with Crippen molar-refractivity contribution in [2.45, 2.75) is 25.3 Å². The van der Waals surface area contributed by atoms with Crippen LogP contribution in [-0.2, 0) is 9.53 Å². The molecule has 1 fully saturated rings. The van der Waals surface area contributed by atoms with Crippen LogP contribution in [0.15, 0.2) is 0 Å². The van der Waals surface area contributed by atoms with Crippen LogP contribution in [0.3, 0.4) is 0 Å². The summed E-state index contributed by atoms with van der Waals surface area (Å²) in [7, 11) is 0. The van der Waals surface area contributed by atoms with Crippen molar-refractivity contribution in [1.29, 1.82) is 0 Å². The molecule has 0 aliphatic carbocycles. The SMILES string of the molecule is CC1(NCC(=O)O)CCCOC1. The molecule has 0 aromatic rings. The lowest BCUT2D eigenvalue weighted by molar-refractivity contribution is -0.136. The van der Waals surface area contributed by atoms with E-state index in [1.54, 1.807) is 0 Å². The first-order valence-electron chi connectivity index (χ1n) is 4.17. The van der Waals surface area contributed by atoms with E-state index in [1.807, 2.05) is 6.92 Å². The number of aliphatic carboxylic acids is 1. The standard InChI is InChI=1S/C8H15NO3/c1-8(9-5-7(10)11)3-2-4-12-6-8/h9H,2-6H2,1H3,(H,10,11). The van der Waals surface area contributed by atoms with Gasteiger partial charge in [0, 0.05) is 12.1 Å². The Labute approximate surface area is 71.9 Å². The van der Waals surface area contributed by atoms with E-state index in [4.69, 9.17) is 9.84 Å². The van der Waals surface area contributed by atoms with Crippen LogP contribution in [0.25, 0.3) is 0 Å². The number of nitrogens with one attached hydrogen (secondary N) is 1. The highest BCUT2D eigenvalue weighted by atomic mass is 16.5. The molecule has 0 aromatic heterocycles. The number of carboxylic acids is 1. The fourth-order valence-electron chi connectivity index (χ4n) is 1.36. The Morgan fingerprint density at radius 2 is 2.50 bits per heavy atom. The van der Waals surface area contributed by atoms with Gasteiger partial charge in [0.1, 0.15) is 0 Å². The second-order valence-electron chi connectivity index (χ2n) is 3.46. The minimum absolute atomic E-state index is 0.0137. The number of carbonyl (C=O) groups is 1. The van der Waals surface area contributed by atoms with Crippen LogP contribution in [0.1, 0.15) is 19.8 Å². The second kappa shape index (κ2) is 3.87. The molecule has 0 amide bonds. The molecule has 0 aromatic carbocycles. The molecular weight excluding hydrogens is 158 g/mol. The lowest BCUT2D eigenvalue weighted by Gasteiger charge is -2.33. The van der Waals surface area contributed by atoms with Crippen LogP contribution in [-0.4, -0.2) is 36.4 Å². The molecule has 1 aliphatic rings. The first-order chi connectivity index (χ1) is 5.62. The average Bonchev–Trinajstić information content (AvgIpc) is 2.03. The smallest absolute Gasteiger partial charge is 0.317 e. The topological polar surface area (TPSA) is 58.6 Å². The Bertz CT molecular complexity index is 164. The highest BCUT2D eigenvalue weighted by Gasteiger charge is 2.27. The number of hydrogen-bond acceptors (Lipinski definition) is 3. The van der Waals surface area contributed by atoms with Crippen LogP contribution in [0.5, 0.6) is 0 Å². The van der Waals surface area contributed by atoms with E-state index < -0.39 is 5.97 Å². The number of hydrogen-bond donors (Lipinski definition) is 2. The normalized spacial score (nSPS) is 30.1. The third-order valence-corrected chi connectivity index (χ3v) is 2.10. The molecule has 1 aliphatic heterocycles. The van der Waals surface area contributed by atoms with E-state index in [-0.39, 0.29) is 12.1 Å². The van der Waals surface area contributed by atoms with E-state index in [1.165, 1.54) is 0 Å². The summed E-state index contributed by atoms with van der Waals surface area (Å²) in [5.41, 5.74) is -0.142. The van der Waals surface area contributed by atoms with Crippen molar-refractivity contribution >= 4 is 5.97 Å². The van der Waals surface area contributed by atoms with Crippen molar-refractivity contribution < 1.29 is 14.6 Å².